The molecule has 0 saturated carbocycles. The minimum absolute atomic E-state index is 0.0244. The van der Waals surface area contributed by atoms with E-state index in [1.54, 1.807) is 4.90 Å². The van der Waals surface area contributed by atoms with Crippen molar-refractivity contribution in [1.82, 2.24) is 19.9 Å². The zero-order valence-electron chi connectivity index (χ0n) is 17.5. The molecule has 158 valence electrons. The number of carbonyl (C=O) groups is 2. The van der Waals surface area contributed by atoms with Crippen molar-refractivity contribution in [3.63, 3.8) is 0 Å². The topological polar surface area (TPSA) is 108 Å². The first-order chi connectivity index (χ1) is 13.6. The number of aryl methyl sites for hydroxylation is 1. The molecule has 2 rings (SSSR count). The average Bonchev–Trinajstić information content (AvgIpc) is 3.21. The lowest BCUT2D eigenvalue weighted by Crippen LogP contribution is -2.39. The molecule has 0 saturated heterocycles. The van der Waals surface area contributed by atoms with E-state index in [1.165, 1.54) is 16.7 Å². The van der Waals surface area contributed by atoms with E-state index < -0.39 is 17.7 Å². The first-order valence-electron chi connectivity index (χ1n) is 9.43. The Balaban J connectivity index is 2.06. The molecule has 2 aromatic heterocycles. The van der Waals surface area contributed by atoms with Crippen LogP contribution in [0.25, 0.3) is 6.08 Å². The predicted octanol–water partition coefficient (Wildman–Crippen LogP) is 3.93. The SMILES string of the molecule is C/C=C\c1nc(CCN(CCc2nc(C(=O)O)cs2)C(=O)OC(C)(C)C)[nH]c1C. The third-order valence-corrected chi connectivity index (χ3v) is 4.84. The van der Waals surface area contributed by atoms with Gasteiger partial charge in [0.15, 0.2) is 5.69 Å². The molecule has 0 atom stereocenters. The molecule has 0 aromatic carbocycles. The van der Waals surface area contributed by atoms with Crippen molar-refractivity contribution in [2.75, 3.05) is 13.1 Å². The monoisotopic (exact) mass is 420 g/mol. The second kappa shape index (κ2) is 9.69. The van der Waals surface area contributed by atoms with Crippen molar-refractivity contribution in [2.24, 2.45) is 0 Å². The number of amides is 1. The Labute approximate surface area is 174 Å². The van der Waals surface area contributed by atoms with Crippen LogP contribution in [-0.2, 0) is 17.6 Å². The fourth-order valence-electron chi connectivity index (χ4n) is 2.59. The van der Waals surface area contributed by atoms with Gasteiger partial charge in [-0.3, -0.25) is 0 Å². The van der Waals surface area contributed by atoms with Crippen LogP contribution in [0.5, 0.6) is 0 Å². The molecule has 0 radical (unpaired) electrons. The van der Waals surface area contributed by atoms with Crippen LogP contribution in [0.15, 0.2) is 11.5 Å². The Bertz CT molecular complexity index is 879. The number of carboxylic acids is 1. The fraction of sp³-hybridized carbons (Fsp3) is 0.500. The molecule has 0 spiro atoms. The Hall–Kier alpha value is -2.68. The molecule has 0 aliphatic carbocycles. The number of hydrogen-bond donors (Lipinski definition) is 2. The van der Waals surface area contributed by atoms with Gasteiger partial charge in [0.25, 0.3) is 0 Å². The first kappa shape index (κ1) is 22.6. The molecule has 9 heteroatoms. The van der Waals surface area contributed by atoms with Crippen LogP contribution in [0.1, 0.15) is 60.4 Å². The van der Waals surface area contributed by atoms with Gasteiger partial charge in [0.05, 0.1) is 10.7 Å². The number of carboxylic acid groups (broad SMARTS) is 1. The summed E-state index contributed by atoms with van der Waals surface area (Å²) in [5, 5.41) is 11.2. The summed E-state index contributed by atoms with van der Waals surface area (Å²) >= 11 is 1.27. The van der Waals surface area contributed by atoms with Gasteiger partial charge in [-0.15, -0.1) is 11.3 Å². The van der Waals surface area contributed by atoms with E-state index in [4.69, 9.17) is 9.84 Å². The maximum absolute atomic E-state index is 12.6. The summed E-state index contributed by atoms with van der Waals surface area (Å²) in [6, 6.07) is 0. The lowest BCUT2D eigenvalue weighted by molar-refractivity contribution is 0.0253. The number of H-pyrrole nitrogens is 1. The average molecular weight is 421 g/mol. The molecule has 1 amide bonds. The highest BCUT2D eigenvalue weighted by molar-refractivity contribution is 7.09. The number of aromatic amines is 1. The van der Waals surface area contributed by atoms with Crippen molar-refractivity contribution in [3.8, 4) is 0 Å². The Kier molecular flexibility index (Phi) is 7.55. The van der Waals surface area contributed by atoms with Gasteiger partial charge in [0, 0.05) is 37.0 Å². The number of rotatable bonds is 8. The number of carbonyl (C=O) groups excluding carboxylic acids is 1. The van der Waals surface area contributed by atoms with Gasteiger partial charge in [-0.25, -0.2) is 19.6 Å². The van der Waals surface area contributed by atoms with Crippen LogP contribution in [0.4, 0.5) is 4.79 Å². The van der Waals surface area contributed by atoms with Crippen LogP contribution in [-0.4, -0.2) is 55.7 Å². The van der Waals surface area contributed by atoms with Crippen LogP contribution >= 0.6 is 11.3 Å². The van der Waals surface area contributed by atoms with Crippen LogP contribution < -0.4 is 0 Å². The third-order valence-electron chi connectivity index (χ3n) is 3.93. The van der Waals surface area contributed by atoms with E-state index in [0.29, 0.717) is 30.9 Å². The summed E-state index contributed by atoms with van der Waals surface area (Å²) in [5.41, 5.74) is 1.28. The summed E-state index contributed by atoms with van der Waals surface area (Å²) in [6.45, 7) is 10.2. The highest BCUT2D eigenvalue weighted by atomic mass is 32.1. The number of nitrogens with one attached hydrogen (secondary N) is 1. The lowest BCUT2D eigenvalue weighted by atomic mass is 10.2. The second-order valence-corrected chi connectivity index (χ2v) is 8.54. The third kappa shape index (κ3) is 7.01. The van der Waals surface area contributed by atoms with E-state index >= 15 is 0 Å². The van der Waals surface area contributed by atoms with Gasteiger partial charge >= 0.3 is 12.1 Å². The van der Waals surface area contributed by atoms with E-state index in [-0.39, 0.29) is 5.69 Å². The van der Waals surface area contributed by atoms with Gasteiger partial charge in [-0.1, -0.05) is 6.08 Å². The van der Waals surface area contributed by atoms with Crippen molar-refractivity contribution in [2.45, 2.75) is 53.1 Å². The maximum Gasteiger partial charge on any atom is 0.410 e. The van der Waals surface area contributed by atoms with Gasteiger partial charge in [-0.05, 0) is 40.7 Å². The minimum Gasteiger partial charge on any atom is -0.476 e. The summed E-state index contributed by atoms with van der Waals surface area (Å²) in [5.74, 6) is -0.256. The predicted molar refractivity (Wildman–Crippen MR) is 112 cm³/mol. The number of thiazole rings is 1. The van der Waals surface area contributed by atoms with Crippen molar-refractivity contribution in [3.05, 3.63) is 39.4 Å². The lowest BCUT2D eigenvalue weighted by Gasteiger charge is -2.27. The Morgan fingerprint density at radius 2 is 1.97 bits per heavy atom. The quantitative estimate of drug-likeness (QED) is 0.670. The van der Waals surface area contributed by atoms with Crippen LogP contribution in [0, 0.1) is 6.92 Å². The summed E-state index contributed by atoms with van der Waals surface area (Å²) in [4.78, 5) is 37.1. The van der Waals surface area contributed by atoms with Gasteiger partial charge in [0.1, 0.15) is 11.4 Å². The standard InChI is InChI=1S/C20H28N4O4S/c1-6-7-14-13(2)21-16(22-14)8-10-24(19(27)28-20(3,4)5)11-9-17-23-15(12-29-17)18(25)26/h6-7,12H,8-11H2,1-5H3,(H,21,22)(H,25,26)/b7-6-. The molecule has 2 heterocycles. The number of aromatic nitrogens is 3. The minimum atomic E-state index is -1.05. The molecule has 2 aromatic rings. The van der Waals surface area contributed by atoms with Crippen molar-refractivity contribution >= 4 is 29.5 Å². The number of nitrogens with zero attached hydrogens (tertiary/aromatic N) is 3. The molecule has 0 fully saturated rings. The van der Waals surface area contributed by atoms with Crippen LogP contribution in [0.3, 0.4) is 0 Å². The fourth-order valence-corrected chi connectivity index (χ4v) is 3.35. The van der Waals surface area contributed by atoms with Gasteiger partial charge in [0.2, 0.25) is 0 Å². The molecular formula is C20H28N4O4S. The molecule has 2 N–H and O–H groups in total. The normalized spacial score (nSPS) is 11.8. The van der Waals surface area contributed by atoms with Crippen molar-refractivity contribution < 1.29 is 19.4 Å². The molecule has 0 bridgehead atoms. The number of ether oxygens (including phenoxy) is 1. The van der Waals surface area contributed by atoms with E-state index in [0.717, 1.165) is 17.2 Å². The molecule has 8 nitrogen and oxygen atoms in total. The summed E-state index contributed by atoms with van der Waals surface area (Å²) in [6.07, 6.45) is 4.46. The molecule has 0 unspecified atom stereocenters. The Morgan fingerprint density at radius 1 is 1.28 bits per heavy atom. The highest BCUT2D eigenvalue weighted by Gasteiger charge is 2.23. The zero-order valence-corrected chi connectivity index (χ0v) is 18.3. The summed E-state index contributed by atoms with van der Waals surface area (Å²) < 4.78 is 5.52. The molecule has 29 heavy (non-hydrogen) atoms. The number of imidazole rings is 1. The highest BCUT2D eigenvalue weighted by Crippen LogP contribution is 2.15. The molecule has 0 aliphatic rings. The van der Waals surface area contributed by atoms with Gasteiger partial charge in [-0.2, -0.15) is 0 Å². The van der Waals surface area contributed by atoms with E-state index in [9.17, 15) is 9.59 Å². The molecule has 0 aliphatic heterocycles. The number of aromatic carboxylic acids is 1. The number of allylic oxidation sites excluding steroid dienone is 1. The number of hydrogen-bond acceptors (Lipinski definition) is 6. The van der Waals surface area contributed by atoms with Crippen molar-refractivity contribution in [1.29, 1.82) is 0 Å². The summed E-state index contributed by atoms with van der Waals surface area (Å²) in [7, 11) is 0. The van der Waals surface area contributed by atoms with E-state index in [2.05, 4.69) is 15.0 Å². The van der Waals surface area contributed by atoms with E-state index in [1.807, 2.05) is 46.8 Å². The second-order valence-electron chi connectivity index (χ2n) is 7.59. The van der Waals surface area contributed by atoms with Crippen LogP contribution in [0.2, 0.25) is 0 Å². The molecular weight excluding hydrogens is 392 g/mol. The zero-order chi connectivity index (χ0) is 21.6. The largest absolute Gasteiger partial charge is 0.476 e. The maximum atomic E-state index is 12.6. The van der Waals surface area contributed by atoms with Gasteiger partial charge < -0.3 is 19.7 Å². The smallest absolute Gasteiger partial charge is 0.410 e. The first-order valence-corrected chi connectivity index (χ1v) is 10.3. The Morgan fingerprint density at radius 3 is 2.55 bits per heavy atom.